The number of ether oxygens (including phenoxy) is 2. The summed E-state index contributed by atoms with van der Waals surface area (Å²) < 4.78 is 14.1. The van der Waals surface area contributed by atoms with Gasteiger partial charge in [0.15, 0.2) is 0 Å². The standard InChI is InChI=1S/C27H33Cl2N3O3/c1-4-8-21(2)27(32-20-30-19-31-32,35-25(33)15-16-26(3,17-28)18-29)34-24-13-11-23(12-14-24)22-9-6-5-7-10-22/h5-7,9-14,19-21H,4,8,15-18H2,1-3H3. The third kappa shape index (κ3) is 6.77. The van der Waals surface area contributed by atoms with Gasteiger partial charge in [-0.05, 0) is 41.5 Å². The van der Waals surface area contributed by atoms with Crippen molar-refractivity contribution in [2.75, 3.05) is 11.8 Å². The summed E-state index contributed by atoms with van der Waals surface area (Å²) in [6, 6.07) is 17.8. The van der Waals surface area contributed by atoms with Crippen molar-refractivity contribution < 1.29 is 14.3 Å². The van der Waals surface area contributed by atoms with E-state index in [9.17, 15) is 4.79 Å². The number of aromatic nitrogens is 3. The van der Waals surface area contributed by atoms with Crippen molar-refractivity contribution in [1.82, 2.24) is 14.8 Å². The second-order valence-corrected chi connectivity index (χ2v) is 9.74. The maximum atomic E-state index is 13.1. The van der Waals surface area contributed by atoms with E-state index in [1.165, 1.54) is 17.3 Å². The molecule has 1 heterocycles. The zero-order chi connectivity index (χ0) is 25.3. The number of rotatable bonds is 13. The van der Waals surface area contributed by atoms with Crippen LogP contribution >= 0.6 is 23.2 Å². The van der Waals surface area contributed by atoms with Crippen LogP contribution in [0.25, 0.3) is 11.1 Å². The van der Waals surface area contributed by atoms with Crippen molar-refractivity contribution in [3.8, 4) is 16.9 Å². The van der Waals surface area contributed by atoms with Crippen molar-refractivity contribution in [3.63, 3.8) is 0 Å². The van der Waals surface area contributed by atoms with Gasteiger partial charge in [-0.1, -0.05) is 69.7 Å². The summed E-state index contributed by atoms with van der Waals surface area (Å²) >= 11 is 12.2. The van der Waals surface area contributed by atoms with Gasteiger partial charge in [0.2, 0.25) is 0 Å². The fourth-order valence-electron chi connectivity index (χ4n) is 3.83. The molecule has 2 unspecified atom stereocenters. The normalized spacial score (nSPS) is 14.2. The van der Waals surface area contributed by atoms with E-state index in [1.807, 2.05) is 56.3 Å². The lowest BCUT2D eigenvalue weighted by Gasteiger charge is -2.38. The van der Waals surface area contributed by atoms with Gasteiger partial charge in [-0.15, -0.1) is 23.2 Å². The minimum atomic E-state index is -1.49. The molecule has 188 valence electrons. The SMILES string of the molecule is CCCC(C)C(OC(=O)CCC(C)(CCl)CCl)(Oc1ccc(-c2ccccc2)cc1)n1cncn1. The van der Waals surface area contributed by atoms with E-state index in [4.69, 9.17) is 32.7 Å². The number of carbonyl (C=O) groups is 1. The van der Waals surface area contributed by atoms with Crippen LogP contribution in [0.4, 0.5) is 0 Å². The van der Waals surface area contributed by atoms with E-state index in [1.54, 1.807) is 0 Å². The number of halogens is 2. The highest BCUT2D eigenvalue weighted by Gasteiger charge is 2.46. The monoisotopic (exact) mass is 517 g/mol. The highest BCUT2D eigenvalue weighted by Crippen LogP contribution is 2.36. The van der Waals surface area contributed by atoms with Crippen LogP contribution in [-0.4, -0.2) is 32.5 Å². The first kappa shape index (κ1) is 27.0. The third-order valence-corrected chi connectivity index (χ3v) is 7.44. The van der Waals surface area contributed by atoms with Gasteiger partial charge < -0.3 is 9.47 Å². The molecule has 2 aromatic carbocycles. The van der Waals surface area contributed by atoms with Crippen LogP contribution in [0.15, 0.2) is 67.3 Å². The summed E-state index contributed by atoms with van der Waals surface area (Å²) in [6.45, 7) is 6.01. The Hall–Kier alpha value is -2.57. The van der Waals surface area contributed by atoms with Crippen molar-refractivity contribution in [2.24, 2.45) is 11.3 Å². The molecule has 1 aromatic heterocycles. The van der Waals surface area contributed by atoms with Crippen LogP contribution in [0.5, 0.6) is 5.75 Å². The molecule has 0 aliphatic heterocycles. The molecular weight excluding hydrogens is 485 g/mol. The summed E-state index contributed by atoms with van der Waals surface area (Å²) in [7, 11) is 0. The Bertz CT molecular complexity index is 1040. The van der Waals surface area contributed by atoms with E-state index in [2.05, 4.69) is 29.1 Å². The van der Waals surface area contributed by atoms with Gasteiger partial charge in [0.05, 0.1) is 5.92 Å². The van der Waals surface area contributed by atoms with Crippen LogP contribution in [-0.2, 0) is 15.4 Å². The molecular formula is C27H33Cl2N3O3. The number of esters is 1. The van der Waals surface area contributed by atoms with Gasteiger partial charge >= 0.3 is 11.9 Å². The molecule has 0 saturated carbocycles. The van der Waals surface area contributed by atoms with Crippen LogP contribution in [0.2, 0.25) is 0 Å². The van der Waals surface area contributed by atoms with Gasteiger partial charge in [-0.2, -0.15) is 9.78 Å². The highest BCUT2D eigenvalue weighted by molar-refractivity contribution is 6.21. The maximum absolute atomic E-state index is 13.1. The van der Waals surface area contributed by atoms with Crippen molar-refractivity contribution in [2.45, 2.75) is 52.4 Å². The molecule has 0 aliphatic carbocycles. The predicted octanol–water partition coefficient (Wildman–Crippen LogP) is 6.88. The zero-order valence-corrected chi connectivity index (χ0v) is 22.0. The van der Waals surface area contributed by atoms with Gasteiger partial charge in [0.1, 0.15) is 18.4 Å². The van der Waals surface area contributed by atoms with E-state index < -0.39 is 11.9 Å². The first-order valence-electron chi connectivity index (χ1n) is 11.9. The predicted molar refractivity (Wildman–Crippen MR) is 139 cm³/mol. The van der Waals surface area contributed by atoms with Gasteiger partial charge in [-0.3, -0.25) is 4.79 Å². The Kier molecular flexibility index (Phi) is 9.58. The fraction of sp³-hybridized carbons (Fsp3) is 0.444. The van der Waals surface area contributed by atoms with Crippen LogP contribution in [0.1, 0.15) is 46.5 Å². The summed E-state index contributed by atoms with van der Waals surface area (Å²) in [5.74, 6) is -0.841. The lowest BCUT2D eigenvalue weighted by Crippen LogP contribution is -2.50. The quantitative estimate of drug-likeness (QED) is 0.140. The van der Waals surface area contributed by atoms with Gasteiger partial charge in [-0.25, -0.2) is 4.98 Å². The minimum Gasteiger partial charge on any atom is -0.434 e. The largest absolute Gasteiger partial charge is 0.434 e. The summed E-state index contributed by atoms with van der Waals surface area (Å²) in [5.41, 5.74) is 1.81. The van der Waals surface area contributed by atoms with Gasteiger partial charge in [0, 0.05) is 18.2 Å². The topological polar surface area (TPSA) is 66.2 Å². The molecule has 3 aromatic rings. The Morgan fingerprint density at radius 3 is 2.29 bits per heavy atom. The lowest BCUT2D eigenvalue weighted by molar-refractivity contribution is -0.269. The molecule has 0 aliphatic rings. The number of benzene rings is 2. The Balaban J connectivity index is 1.90. The molecule has 0 amide bonds. The fourth-order valence-corrected chi connectivity index (χ4v) is 4.38. The number of nitrogens with zero attached hydrogens (tertiary/aromatic N) is 3. The van der Waals surface area contributed by atoms with E-state index in [0.29, 0.717) is 23.9 Å². The lowest BCUT2D eigenvalue weighted by atomic mass is 9.90. The van der Waals surface area contributed by atoms with E-state index in [-0.39, 0.29) is 17.8 Å². The number of carbonyl (C=O) groups excluding carboxylic acids is 1. The molecule has 0 spiro atoms. The van der Waals surface area contributed by atoms with E-state index >= 15 is 0 Å². The Labute approximate surface area is 217 Å². The second-order valence-electron chi connectivity index (χ2n) is 9.20. The van der Waals surface area contributed by atoms with Crippen molar-refractivity contribution in [3.05, 3.63) is 67.3 Å². The first-order valence-corrected chi connectivity index (χ1v) is 13.0. The molecule has 6 nitrogen and oxygen atoms in total. The van der Waals surface area contributed by atoms with Crippen molar-refractivity contribution >= 4 is 29.2 Å². The highest BCUT2D eigenvalue weighted by atomic mass is 35.5. The summed E-state index contributed by atoms with van der Waals surface area (Å²) in [6.07, 6.45) is 5.20. The average Bonchev–Trinajstić information content (AvgIpc) is 3.44. The molecule has 35 heavy (non-hydrogen) atoms. The smallest absolute Gasteiger partial charge is 0.363 e. The zero-order valence-electron chi connectivity index (χ0n) is 20.5. The molecule has 0 saturated heterocycles. The number of hydrogen-bond acceptors (Lipinski definition) is 5. The average molecular weight is 518 g/mol. The Morgan fingerprint density at radius 1 is 1.06 bits per heavy atom. The molecule has 0 fully saturated rings. The third-order valence-electron chi connectivity index (χ3n) is 6.15. The Morgan fingerprint density at radius 2 is 1.71 bits per heavy atom. The van der Waals surface area contributed by atoms with E-state index in [0.717, 1.165) is 24.0 Å². The first-order chi connectivity index (χ1) is 16.9. The molecule has 3 rings (SSSR count). The maximum Gasteiger partial charge on any atom is 0.363 e. The second kappa shape index (κ2) is 12.4. The molecule has 2 atom stereocenters. The van der Waals surface area contributed by atoms with Crippen LogP contribution < -0.4 is 4.74 Å². The summed E-state index contributed by atoms with van der Waals surface area (Å²) in [4.78, 5) is 17.2. The number of hydrogen-bond donors (Lipinski definition) is 0. The minimum absolute atomic E-state index is 0.154. The number of alkyl halides is 2. The molecule has 0 bridgehead atoms. The van der Waals surface area contributed by atoms with Crippen molar-refractivity contribution in [1.29, 1.82) is 0 Å². The molecule has 0 N–H and O–H groups in total. The summed E-state index contributed by atoms with van der Waals surface area (Å²) in [5, 5.41) is 4.31. The van der Waals surface area contributed by atoms with Crippen LogP contribution in [0.3, 0.4) is 0 Å². The molecule has 0 radical (unpaired) electrons. The molecule has 8 heteroatoms. The van der Waals surface area contributed by atoms with Crippen LogP contribution in [0, 0.1) is 11.3 Å². The van der Waals surface area contributed by atoms with Gasteiger partial charge in [0.25, 0.3) is 0 Å².